The van der Waals surface area contributed by atoms with Crippen molar-refractivity contribution in [3.8, 4) is 0 Å². The van der Waals surface area contributed by atoms with Crippen molar-refractivity contribution in [2.75, 3.05) is 19.6 Å². The summed E-state index contributed by atoms with van der Waals surface area (Å²) < 4.78 is 26.6. The van der Waals surface area contributed by atoms with E-state index in [-0.39, 0.29) is 29.8 Å². The van der Waals surface area contributed by atoms with Gasteiger partial charge in [-0.1, -0.05) is 36.4 Å². The summed E-state index contributed by atoms with van der Waals surface area (Å²) >= 11 is 1.08. The van der Waals surface area contributed by atoms with E-state index in [0.717, 1.165) is 16.9 Å². The minimum atomic E-state index is -3.69. The van der Waals surface area contributed by atoms with Crippen LogP contribution in [0, 0.1) is 5.41 Å². The average Bonchev–Trinajstić information content (AvgIpc) is 3.12. The summed E-state index contributed by atoms with van der Waals surface area (Å²) in [4.78, 5) is 25.6. The quantitative estimate of drug-likeness (QED) is 0.717. The van der Waals surface area contributed by atoms with Crippen LogP contribution < -0.4 is 10.5 Å². The monoisotopic (exact) mass is 393 g/mol. The van der Waals surface area contributed by atoms with Crippen molar-refractivity contribution < 1.29 is 18.0 Å². The fraction of sp³-hybridized carbons (Fsp3) is 0.294. The first-order valence-corrected chi connectivity index (χ1v) is 10.3. The average molecular weight is 393 g/mol. The second-order valence-electron chi connectivity index (χ2n) is 6.31. The molecular formula is C17H19N3O4S2. The Morgan fingerprint density at radius 2 is 1.85 bits per heavy atom. The van der Waals surface area contributed by atoms with Gasteiger partial charge in [0.2, 0.25) is 11.8 Å². The van der Waals surface area contributed by atoms with E-state index >= 15 is 0 Å². The minimum absolute atomic E-state index is 0.157. The van der Waals surface area contributed by atoms with Crippen molar-refractivity contribution in [3.05, 3.63) is 53.4 Å². The smallest absolute Gasteiger partial charge is 0.250 e. The highest BCUT2D eigenvalue weighted by Gasteiger charge is 2.49. The lowest BCUT2D eigenvalue weighted by Crippen LogP contribution is -2.65. The molecule has 1 saturated heterocycles. The van der Waals surface area contributed by atoms with Crippen LogP contribution in [0.4, 0.5) is 0 Å². The maximum Gasteiger partial charge on any atom is 0.250 e. The molecule has 1 aliphatic rings. The summed E-state index contributed by atoms with van der Waals surface area (Å²) in [5.74, 6) is -0.834. The van der Waals surface area contributed by atoms with Gasteiger partial charge in [0.05, 0.1) is 12.0 Å². The lowest BCUT2D eigenvalue weighted by Gasteiger charge is -2.48. The van der Waals surface area contributed by atoms with Gasteiger partial charge in [0.15, 0.2) is 0 Å². The zero-order chi connectivity index (χ0) is 18.8. The Morgan fingerprint density at radius 1 is 1.15 bits per heavy atom. The number of hydrogen-bond acceptors (Lipinski definition) is 5. The van der Waals surface area contributed by atoms with Gasteiger partial charge in [-0.05, 0) is 23.4 Å². The number of amides is 2. The highest BCUT2D eigenvalue weighted by molar-refractivity contribution is 7.91. The van der Waals surface area contributed by atoms with E-state index in [1.54, 1.807) is 11.4 Å². The van der Waals surface area contributed by atoms with E-state index in [1.165, 1.54) is 11.0 Å². The molecule has 0 radical (unpaired) electrons. The summed E-state index contributed by atoms with van der Waals surface area (Å²) in [6.07, 6.45) is 0.452. The molecule has 3 rings (SSSR count). The third kappa shape index (κ3) is 3.79. The van der Waals surface area contributed by atoms with Crippen LogP contribution in [0.2, 0.25) is 0 Å². The van der Waals surface area contributed by atoms with Crippen molar-refractivity contribution in [1.82, 2.24) is 9.62 Å². The molecule has 0 bridgehead atoms. The number of carbonyl (C=O) groups is 2. The summed E-state index contributed by atoms with van der Waals surface area (Å²) in [7, 11) is -3.69. The van der Waals surface area contributed by atoms with Gasteiger partial charge in [-0.3, -0.25) is 9.59 Å². The Kier molecular flexibility index (Phi) is 5.12. The van der Waals surface area contributed by atoms with Crippen molar-refractivity contribution >= 4 is 33.2 Å². The molecule has 0 aliphatic carbocycles. The molecule has 0 atom stereocenters. The molecule has 138 valence electrons. The van der Waals surface area contributed by atoms with E-state index < -0.39 is 21.3 Å². The van der Waals surface area contributed by atoms with Gasteiger partial charge in [-0.15, -0.1) is 11.3 Å². The number of likely N-dealkylation sites (tertiary alicyclic amines) is 1. The maximum absolute atomic E-state index is 12.3. The molecule has 0 saturated carbocycles. The van der Waals surface area contributed by atoms with Crippen LogP contribution in [0.25, 0.3) is 0 Å². The molecule has 1 fully saturated rings. The van der Waals surface area contributed by atoms with E-state index in [9.17, 15) is 18.0 Å². The number of rotatable bonds is 7. The number of primary amides is 1. The third-order valence-electron chi connectivity index (χ3n) is 4.42. The van der Waals surface area contributed by atoms with E-state index in [4.69, 9.17) is 5.73 Å². The summed E-state index contributed by atoms with van der Waals surface area (Å²) in [5.41, 5.74) is 5.73. The van der Waals surface area contributed by atoms with Crippen molar-refractivity contribution in [3.63, 3.8) is 0 Å². The summed E-state index contributed by atoms with van der Waals surface area (Å²) in [5, 5.41) is 1.65. The van der Waals surface area contributed by atoms with Crippen LogP contribution in [-0.4, -0.2) is 44.8 Å². The molecule has 0 unspecified atom stereocenters. The molecule has 26 heavy (non-hydrogen) atoms. The van der Waals surface area contributed by atoms with Crippen LogP contribution in [0.5, 0.6) is 0 Å². The van der Waals surface area contributed by atoms with E-state index in [1.807, 2.05) is 30.3 Å². The fourth-order valence-electron chi connectivity index (χ4n) is 2.96. The predicted octanol–water partition coefficient (Wildman–Crippen LogP) is 0.583. The molecule has 2 heterocycles. The Morgan fingerprint density at radius 3 is 2.42 bits per heavy atom. The van der Waals surface area contributed by atoms with Crippen LogP contribution >= 0.6 is 11.3 Å². The molecule has 3 N–H and O–H groups in total. The van der Waals surface area contributed by atoms with Gasteiger partial charge in [0, 0.05) is 13.1 Å². The molecule has 7 nitrogen and oxygen atoms in total. The number of hydrogen-bond donors (Lipinski definition) is 2. The van der Waals surface area contributed by atoms with Gasteiger partial charge in [0.25, 0.3) is 10.0 Å². The lowest BCUT2D eigenvalue weighted by molar-refractivity contribution is -0.150. The number of nitrogens with zero attached hydrogens (tertiary/aromatic N) is 1. The number of nitrogens with two attached hydrogens (primary N) is 1. The number of benzene rings is 1. The topological polar surface area (TPSA) is 110 Å². The first-order chi connectivity index (χ1) is 12.3. The SMILES string of the molecule is NC(=O)C1(Cc2ccccc2)CN(C(=O)CNS(=O)(=O)c2cccs2)C1. The maximum atomic E-state index is 12.3. The number of nitrogens with one attached hydrogen (secondary N) is 1. The second kappa shape index (κ2) is 7.18. The summed E-state index contributed by atoms with van der Waals surface area (Å²) in [6.45, 7) is 0.0357. The normalized spacial score (nSPS) is 16.1. The third-order valence-corrected chi connectivity index (χ3v) is 7.22. The van der Waals surface area contributed by atoms with Gasteiger partial charge >= 0.3 is 0 Å². The largest absolute Gasteiger partial charge is 0.369 e. The lowest BCUT2D eigenvalue weighted by atomic mass is 9.74. The van der Waals surface area contributed by atoms with E-state index in [2.05, 4.69) is 4.72 Å². The van der Waals surface area contributed by atoms with Crippen molar-refractivity contribution in [2.24, 2.45) is 11.1 Å². The highest BCUT2D eigenvalue weighted by atomic mass is 32.2. The molecule has 2 aromatic rings. The zero-order valence-corrected chi connectivity index (χ0v) is 15.6. The van der Waals surface area contributed by atoms with Gasteiger partial charge in [-0.2, -0.15) is 0 Å². The zero-order valence-electron chi connectivity index (χ0n) is 13.9. The van der Waals surface area contributed by atoms with Crippen LogP contribution in [0.1, 0.15) is 5.56 Å². The predicted molar refractivity (Wildman–Crippen MR) is 97.9 cm³/mol. The van der Waals surface area contributed by atoms with Gasteiger partial charge in [0.1, 0.15) is 4.21 Å². The highest BCUT2D eigenvalue weighted by Crippen LogP contribution is 2.34. The standard InChI is InChI=1S/C17H19N3O4S2/c18-16(22)17(9-13-5-2-1-3-6-13)11-20(12-17)14(21)10-19-26(23,24)15-7-4-8-25-15/h1-8,19H,9-12H2,(H2,18,22). The first-order valence-electron chi connectivity index (χ1n) is 7.97. The molecular weight excluding hydrogens is 374 g/mol. The Hall–Kier alpha value is -2.23. The fourth-order valence-corrected chi connectivity index (χ4v) is 4.97. The second-order valence-corrected chi connectivity index (χ2v) is 9.25. The number of carbonyl (C=O) groups excluding carboxylic acids is 2. The molecule has 1 aromatic heterocycles. The number of sulfonamides is 1. The van der Waals surface area contributed by atoms with Crippen LogP contribution in [-0.2, 0) is 26.0 Å². The minimum Gasteiger partial charge on any atom is -0.369 e. The van der Waals surface area contributed by atoms with Crippen LogP contribution in [0.15, 0.2) is 52.1 Å². The first kappa shape index (κ1) is 18.6. The molecule has 1 aliphatic heterocycles. The Balaban J connectivity index is 1.58. The van der Waals surface area contributed by atoms with Crippen molar-refractivity contribution in [2.45, 2.75) is 10.6 Å². The molecule has 1 aromatic carbocycles. The number of thiophene rings is 1. The molecule has 9 heteroatoms. The Labute approximate surface area is 155 Å². The Bertz CT molecular complexity index is 889. The summed E-state index contributed by atoms with van der Waals surface area (Å²) in [6, 6.07) is 12.6. The molecule has 2 amide bonds. The van der Waals surface area contributed by atoms with E-state index in [0.29, 0.717) is 6.42 Å². The van der Waals surface area contributed by atoms with Crippen LogP contribution in [0.3, 0.4) is 0 Å². The van der Waals surface area contributed by atoms with Gasteiger partial charge in [-0.25, -0.2) is 13.1 Å². The molecule has 0 spiro atoms. The van der Waals surface area contributed by atoms with Crippen molar-refractivity contribution in [1.29, 1.82) is 0 Å². The van der Waals surface area contributed by atoms with Gasteiger partial charge < -0.3 is 10.6 Å².